The topological polar surface area (TPSA) is 100 Å². The molecule has 35 heavy (non-hydrogen) atoms. The first-order valence-corrected chi connectivity index (χ1v) is 12.0. The van der Waals surface area contributed by atoms with E-state index in [2.05, 4.69) is 34.2 Å². The smallest absolute Gasteiger partial charge is 0.266 e. The number of hydrogen-bond donors (Lipinski definition) is 3. The second-order valence-electron chi connectivity index (χ2n) is 8.79. The van der Waals surface area contributed by atoms with Crippen molar-refractivity contribution in [2.45, 2.75) is 25.4 Å². The maximum absolute atomic E-state index is 12.7. The number of amides is 2. The number of nitrogens with one attached hydrogen (secondary N) is 2. The molecule has 8 nitrogen and oxygen atoms in total. The molecule has 1 unspecified atom stereocenters. The van der Waals surface area contributed by atoms with Crippen molar-refractivity contribution in [1.29, 1.82) is 0 Å². The van der Waals surface area contributed by atoms with Gasteiger partial charge in [-0.1, -0.05) is 24.0 Å². The quantitative estimate of drug-likeness (QED) is 0.334. The van der Waals surface area contributed by atoms with E-state index >= 15 is 0 Å². The Bertz CT molecular complexity index is 1050. The van der Waals surface area contributed by atoms with Gasteiger partial charge in [0.1, 0.15) is 6.04 Å². The molecular formula is C27H31N3O5. The molecule has 1 atom stereocenters. The number of benzene rings is 2. The lowest BCUT2D eigenvalue weighted by Gasteiger charge is -2.29. The summed E-state index contributed by atoms with van der Waals surface area (Å²) in [6.45, 7) is 5.47. The molecule has 2 saturated heterocycles. The van der Waals surface area contributed by atoms with Gasteiger partial charge in [-0.15, -0.1) is 0 Å². The zero-order valence-corrected chi connectivity index (χ0v) is 19.7. The Balaban J connectivity index is 1.34. The van der Waals surface area contributed by atoms with Crippen molar-refractivity contribution in [3.8, 4) is 11.8 Å². The van der Waals surface area contributed by atoms with E-state index in [0.717, 1.165) is 44.0 Å². The molecule has 0 aliphatic carbocycles. The van der Waals surface area contributed by atoms with E-state index in [-0.39, 0.29) is 11.8 Å². The molecule has 184 valence electrons. The van der Waals surface area contributed by atoms with E-state index in [1.54, 1.807) is 29.7 Å². The number of nitrogens with zero attached hydrogens (tertiary/aromatic N) is 1. The van der Waals surface area contributed by atoms with Crippen LogP contribution in [0.25, 0.3) is 0 Å². The molecule has 0 saturated carbocycles. The van der Waals surface area contributed by atoms with Crippen LogP contribution < -0.4 is 10.8 Å². The molecule has 3 N–H and O–H groups in total. The molecule has 0 bridgehead atoms. The Labute approximate surface area is 205 Å². The Hall–Kier alpha value is -3.22. The van der Waals surface area contributed by atoms with Crippen LogP contribution in [0.3, 0.4) is 0 Å². The van der Waals surface area contributed by atoms with Crippen molar-refractivity contribution in [3.63, 3.8) is 0 Å². The third kappa shape index (κ3) is 7.13. The molecule has 2 heterocycles. The van der Waals surface area contributed by atoms with E-state index in [4.69, 9.17) is 14.7 Å². The summed E-state index contributed by atoms with van der Waals surface area (Å²) in [4.78, 5) is 27.2. The highest BCUT2D eigenvalue weighted by molar-refractivity contribution is 5.97. The van der Waals surface area contributed by atoms with Gasteiger partial charge >= 0.3 is 0 Å². The van der Waals surface area contributed by atoms with Gasteiger partial charge in [0.25, 0.3) is 11.8 Å². The van der Waals surface area contributed by atoms with Crippen molar-refractivity contribution in [2.24, 2.45) is 5.92 Å². The van der Waals surface area contributed by atoms with Crippen molar-refractivity contribution in [2.75, 3.05) is 39.5 Å². The van der Waals surface area contributed by atoms with Gasteiger partial charge in [-0.25, -0.2) is 5.48 Å². The Morgan fingerprint density at radius 3 is 2.09 bits per heavy atom. The second-order valence-corrected chi connectivity index (χ2v) is 8.79. The molecule has 8 heteroatoms. The lowest BCUT2D eigenvalue weighted by atomic mass is 9.91. The van der Waals surface area contributed by atoms with E-state index in [0.29, 0.717) is 31.6 Å². The molecule has 2 aliphatic heterocycles. The number of ether oxygens (including phenoxy) is 2. The standard InChI is InChI=1S/C27H31N3O5/c31-26(28-25(27(32)29-33)23-11-15-34-16-12-23)24-9-7-21(8-10-24)2-1-20-3-5-22(6-4-20)19-30-13-17-35-18-14-30/h3-10,23,25,33H,11-19H2,(H,28,31)(H,29,32). The monoisotopic (exact) mass is 477 g/mol. The van der Waals surface area contributed by atoms with E-state index in [1.807, 2.05) is 12.1 Å². The molecule has 4 rings (SSSR count). The minimum atomic E-state index is -0.818. The van der Waals surface area contributed by atoms with Gasteiger partial charge in [-0.3, -0.25) is 19.7 Å². The van der Waals surface area contributed by atoms with Gasteiger partial charge < -0.3 is 14.8 Å². The summed E-state index contributed by atoms with van der Waals surface area (Å²) in [6, 6.07) is 14.4. The number of morpholine rings is 1. The first-order valence-electron chi connectivity index (χ1n) is 12.0. The van der Waals surface area contributed by atoms with Crippen molar-refractivity contribution < 1.29 is 24.3 Å². The number of hydroxylamine groups is 1. The van der Waals surface area contributed by atoms with Gasteiger partial charge in [-0.2, -0.15) is 0 Å². The number of carbonyl (C=O) groups is 2. The summed E-state index contributed by atoms with van der Waals surface area (Å²) in [7, 11) is 0. The molecule has 2 aliphatic rings. The third-order valence-corrected chi connectivity index (χ3v) is 6.38. The summed E-state index contributed by atoms with van der Waals surface area (Å²) >= 11 is 0. The van der Waals surface area contributed by atoms with Gasteiger partial charge in [0, 0.05) is 49.5 Å². The normalized spacial score (nSPS) is 17.6. The predicted molar refractivity (Wildman–Crippen MR) is 130 cm³/mol. The predicted octanol–water partition coefficient (Wildman–Crippen LogP) is 1.95. The first-order chi connectivity index (χ1) is 17.1. The van der Waals surface area contributed by atoms with Crippen LogP contribution in [0.15, 0.2) is 48.5 Å². The highest BCUT2D eigenvalue weighted by atomic mass is 16.5. The SMILES string of the molecule is O=C(NC(C(=O)NO)C1CCOCC1)c1ccc(C#Cc2ccc(CN3CCOCC3)cc2)cc1. The van der Waals surface area contributed by atoms with E-state index in [9.17, 15) is 9.59 Å². The average Bonchev–Trinajstić information content (AvgIpc) is 2.92. The molecule has 0 radical (unpaired) electrons. The van der Waals surface area contributed by atoms with Gasteiger partial charge in [-0.05, 0) is 60.7 Å². The van der Waals surface area contributed by atoms with E-state index in [1.165, 1.54) is 5.56 Å². The fraction of sp³-hybridized carbons (Fsp3) is 0.407. The number of carbonyl (C=O) groups excluding carboxylic acids is 2. The molecule has 0 spiro atoms. The molecule has 2 aromatic carbocycles. The third-order valence-electron chi connectivity index (χ3n) is 6.38. The van der Waals surface area contributed by atoms with Gasteiger partial charge in [0.2, 0.25) is 0 Å². The summed E-state index contributed by atoms with van der Waals surface area (Å²) in [5, 5.41) is 11.8. The van der Waals surface area contributed by atoms with Crippen molar-refractivity contribution in [1.82, 2.24) is 15.7 Å². The number of rotatable bonds is 6. The maximum Gasteiger partial charge on any atom is 0.266 e. The van der Waals surface area contributed by atoms with Crippen LogP contribution >= 0.6 is 0 Å². The fourth-order valence-electron chi connectivity index (χ4n) is 4.30. The van der Waals surface area contributed by atoms with Crippen LogP contribution in [0.1, 0.15) is 39.9 Å². The van der Waals surface area contributed by atoms with Crippen LogP contribution in [0.5, 0.6) is 0 Å². The van der Waals surface area contributed by atoms with E-state index < -0.39 is 11.9 Å². The number of hydrogen-bond acceptors (Lipinski definition) is 6. The zero-order chi connectivity index (χ0) is 24.5. The van der Waals surface area contributed by atoms with Crippen molar-refractivity contribution >= 4 is 11.8 Å². The molecular weight excluding hydrogens is 446 g/mol. The van der Waals surface area contributed by atoms with Gasteiger partial charge in [0.15, 0.2) is 0 Å². The Morgan fingerprint density at radius 1 is 0.914 bits per heavy atom. The van der Waals surface area contributed by atoms with Crippen LogP contribution in [-0.4, -0.2) is 67.5 Å². The largest absolute Gasteiger partial charge is 0.381 e. The molecule has 2 amide bonds. The van der Waals surface area contributed by atoms with Gasteiger partial charge in [0.05, 0.1) is 13.2 Å². The van der Waals surface area contributed by atoms with Crippen LogP contribution in [0.2, 0.25) is 0 Å². The van der Waals surface area contributed by atoms with Crippen LogP contribution in [-0.2, 0) is 20.8 Å². The minimum Gasteiger partial charge on any atom is -0.381 e. The lowest BCUT2D eigenvalue weighted by molar-refractivity contribution is -0.133. The molecule has 0 aromatic heterocycles. The van der Waals surface area contributed by atoms with Crippen LogP contribution in [0.4, 0.5) is 0 Å². The first kappa shape index (κ1) is 24.9. The Kier molecular flexibility index (Phi) is 8.87. The molecule has 2 fully saturated rings. The Morgan fingerprint density at radius 2 is 1.49 bits per heavy atom. The fourth-order valence-corrected chi connectivity index (χ4v) is 4.30. The summed E-state index contributed by atoms with van der Waals surface area (Å²) < 4.78 is 10.7. The highest BCUT2D eigenvalue weighted by Gasteiger charge is 2.31. The maximum atomic E-state index is 12.7. The summed E-state index contributed by atoms with van der Waals surface area (Å²) in [5.74, 6) is 5.20. The van der Waals surface area contributed by atoms with Crippen LogP contribution in [0, 0.1) is 17.8 Å². The lowest BCUT2D eigenvalue weighted by Crippen LogP contribution is -2.51. The minimum absolute atomic E-state index is 0.0924. The zero-order valence-electron chi connectivity index (χ0n) is 19.7. The van der Waals surface area contributed by atoms with Crippen molar-refractivity contribution in [3.05, 3.63) is 70.8 Å². The second kappa shape index (κ2) is 12.5. The summed E-state index contributed by atoms with van der Waals surface area (Å²) in [5.41, 5.74) is 5.05. The highest BCUT2D eigenvalue weighted by Crippen LogP contribution is 2.19. The summed E-state index contributed by atoms with van der Waals surface area (Å²) in [6.07, 6.45) is 1.28. The molecule has 2 aromatic rings. The average molecular weight is 478 g/mol.